The Kier molecular flexibility index (Phi) is 5.67. The molecular formula is C15H21FN2O3. The molecule has 3 unspecified atom stereocenters. The van der Waals surface area contributed by atoms with E-state index in [1.54, 1.807) is 12.1 Å². The van der Waals surface area contributed by atoms with Gasteiger partial charge in [-0.2, -0.15) is 0 Å². The summed E-state index contributed by atoms with van der Waals surface area (Å²) in [6.07, 6.45) is -0.373. The molecule has 0 bridgehead atoms. The van der Waals surface area contributed by atoms with E-state index in [1.807, 2.05) is 6.92 Å². The molecule has 21 heavy (non-hydrogen) atoms. The highest BCUT2D eigenvalue weighted by Crippen LogP contribution is 2.18. The molecule has 3 N–H and O–H groups in total. The number of morpholine rings is 1. The second-order valence-electron chi connectivity index (χ2n) is 5.29. The summed E-state index contributed by atoms with van der Waals surface area (Å²) in [5.41, 5.74) is 0.636. The molecule has 0 radical (unpaired) electrons. The SMILES string of the molecule is CC(CC(O)c1ccc(F)cc1)NC(=O)C1COCCN1. The van der Waals surface area contributed by atoms with Gasteiger partial charge in [0.05, 0.1) is 19.3 Å². The van der Waals surface area contributed by atoms with Crippen LogP contribution < -0.4 is 10.6 Å². The second-order valence-corrected chi connectivity index (χ2v) is 5.29. The normalized spacial score (nSPS) is 21.6. The van der Waals surface area contributed by atoms with Crippen LogP contribution in [0.2, 0.25) is 0 Å². The van der Waals surface area contributed by atoms with E-state index >= 15 is 0 Å². The highest BCUT2D eigenvalue weighted by Gasteiger charge is 2.23. The molecule has 0 aromatic heterocycles. The smallest absolute Gasteiger partial charge is 0.239 e. The average molecular weight is 296 g/mol. The van der Waals surface area contributed by atoms with E-state index < -0.39 is 6.10 Å². The van der Waals surface area contributed by atoms with Crippen LogP contribution in [0.5, 0.6) is 0 Å². The van der Waals surface area contributed by atoms with Gasteiger partial charge in [-0.1, -0.05) is 12.1 Å². The van der Waals surface area contributed by atoms with Crippen LogP contribution in [0.15, 0.2) is 24.3 Å². The lowest BCUT2D eigenvalue weighted by Crippen LogP contribution is -2.53. The van der Waals surface area contributed by atoms with Crippen molar-refractivity contribution >= 4 is 5.91 Å². The minimum atomic E-state index is -0.739. The van der Waals surface area contributed by atoms with Crippen molar-refractivity contribution in [1.29, 1.82) is 0 Å². The maximum Gasteiger partial charge on any atom is 0.239 e. The predicted molar refractivity (Wildman–Crippen MR) is 76.2 cm³/mol. The molecule has 0 spiro atoms. The van der Waals surface area contributed by atoms with Crippen LogP contribution in [0.1, 0.15) is 25.0 Å². The molecular weight excluding hydrogens is 275 g/mol. The second kappa shape index (κ2) is 7.49. The molecule has 1 amide bonds. The first-order valence-corrected chi connectivity index (χ1v) is 7.11. The molecule has 2 rings (SSSR count). The number of amides is 1. The molecule has 6 heteroatoms. The Balaban J connectivity index is 1.81. The minimum Gasteiger partial charge on any atom is -0.388 e. The van der Waals surface area contributed by atoms with E-state index in [4.69, 9.17) is 4.74 Å². The summed E-state index contributed by atoms with van der Waals surface area (Å²) in [6.45, 7) is 3.46. The number of aliphatic hydroxyl groups is 1. The maximum atomic E-state index is 12.8. The van der Waals surface area contributed by atoms with Crippen molar-refractivity contribution < 1.29 is 19.0 Å². The van der Waals surface area contributed by atoms with Crippen molar-refractivity contribution in [3.8, 4) is 0 Å². The van der Waals surface area contributed by atoms with E-state index in [0.29, 0.717) is 31.7 Å². The number of hydrogen-bond donors (Lipinski definition) is 3. The zero-order valence-electron chi connectivity index (χ0n) is 12.0. The summed E-state index contributed by atoms with van der Waals surface area (Å²) >= 11 is 0. The number of carbonyl (C=O) groups excluding carboxylic acids is 1. The van der Waals surface area contributed by atoms with Crippen molar-refractivity contribution in [3.05, 3.63) is 35.6 Å². The standard InChI is InChI=1S/C15H21FN2O3/c1-10(18-15(20)13-9-21-7-6-17-13)8-14(19)11-2-4-12(16)5-3-11/h2-5,10,13-14,17,19H,6-9H2,1H3,(H,18,20). The van der Waals surface area contributed by atoms with Crippen molar-refractivity contribution in [2.75, 3.05) is 19.8 Å². The van der Waals surface area contributed by atoms with Crippen LogP contribution in [-0.4, -0.2) is 42.9 Å². The molecule has 1 aromatic rings. The summed E-state index contributed by atoms with van der Waals surface area (Å²) in [5.74, 6) is -0.468. The lowest BCUT2D eigenvalue weighted by molar-refractivity contribution is -0.126. The Labute approximate surface area is 123 Å². The van der Waals surface area contributed by atoms with E-state index in [2.05, 4.69) is 10.6 Å². The van der Waals surface area contributed by atoms with Crippen molar-refractivity contribution in [3.63, 3.8) is 0 Å². The topological polar surface area (TPSA) is 70.6 Å². The van der Waals surface area contributed by atoms with Gasteiger partial charge in [-0.15, -0.1) is 0 Å². The van der Waals surface area contributed by atoms with Gasteiger partial charge in [0.2, 0.25) is 5.91 Å². The third-order valence-corrected chi connectivity index (χ3v) is 3.46. The molecule has 1 aromatic carbocycles. The molecule has 0 saturated carbocycles. The molecule has 3 atom stereocenters. The van der Waals surface area contributed by atoms with E-state index in [0.717, 1.165) is 0 Å². The van der Waals surface area contributed by atoms with Gasteiger partial charge in [0.1, 0.15) is 11.9 Å². The summed E-state index contributed by atoms with van der Waals surface area (Å²) in [5, 5.41) is 16.0. The average Bonchev–Trinajstić information content (AvgIpc) is 2.48. The monoisotopic (exact) mass is 296 g/mol. The van der Waals surface area contributed by atoms with Crippen LogP contribution in [0.4, 0.5) is 4.39 Å². The summed E-state index contributed by atoms with van der Waals surface area (Å²) in [4.78, 5) is 12.0. The summed E-state index contributed by atoms with van der Waals surface area (Å²) in [7, 11) is 0. The van der Waals surface area contributed by atoms with Gasteiger partial charge in [0.25, 0.3) is 0 Å². The number of hydrogen-bond acceptors (Lipinski definition) is 4. The maximum absolute atomic E-state index is 12.8. The first-order valence-electron chi connectivity index (χ1n) is 7.11. The van der Waals surface area contributed by atoms with Gasteiger partial charge in [-0.05, 0) is 31.0 Å². The summed E-state index contributed by atoms with van der Waals surface area (Å²) in [6, 6.07) is 5.18. The molecule has 116 valence electrons. The highest BCUT2D eigenvalue weighted by molar-refractivity contribution is 5.82. The number of halogens is 1. The molecule has 1 aliphatic rings. The van der Waals surface area contributed by atoms with Crippen molar-refractivity contribution in [1.82, 2.24) is 10.6 Å². The van der Waals surface area contributed by atoms with Gasteiger partial charge in [-0.3, -0.25) is 4.79 Å². The molecule has 1 aliphatic heterocycles. The van der Waals surface area contributed by atoms with Crippen LogP contribution in [0, 0.1) is 5.82 Å². The Morgan fingerprint density at radius 3 is 2.86 bits per heavy atom. The fourth-order valence-electron chi connectivity index (χ4n) is 2.29. The quantitative estimate of drug-likeness (QED) is 0.749. The predicted octanol–water partition coefficient (Wildman–Crippen LogP) is 0.742. The molecule has 5 nitrogen and oxygen atoms in total. The largest absolute Gasteiger partial charge is 0.388 e. The van der Waals surface area contributed by atoms with Crippen molar-refractivity contribution in [2.45, 2.75) is 31.5 Å². The first kappa shape index (κ1) is 15.9. The van der Waals surface area contributed by atoms with E-state index in [1.165, 1.54) is 12.1 Å². The Bertz CT molecular complexity index is 460. The van der Waals surface area contributed by atoms with Crippen LogP contribution >= 0.6 is 0 Å². The number of nitrogens with one attached hydrogen (secondary N) is 2. The van der Waals surface area contributed by atoms with Gasteiger partial charge in [-0.25, -0.2) is 4.39 Å². The van der Waals surface area contributed by atoms with Gasteiger partial charge in [0.15, 0.2) is 0 Å². The number of benzene rings is 1. The lowest BCUT2D eigenvalue weighted by atomic mass is 10.0. The van der Waals surface area contributed by atoms with Crippen LogP contribution in [0.3, 0.4) is 0 Å². The van der Waals surface area contributed by atoms with Gasteiger partial charge in [0, 0.05) is 12.6 Å². The van der Waals surface area contributed by atoms with Gasteiger partial charge >= 0.3 is 0 Å². The first-order chi connectivity index (χ1) is 10.1. The Morgan fingerprint density at radius 2 is 2.24 bits per heavy atom. The van der Waals surface area contributed by atoms with Crippen LogP contribution in [-0.2, 0) is 9.53 Å². The van der Waals surface area contributed by atoms with Gasteiger partial charge < -0.3 is 20.5 Å². The Morgan fingerprint density at radius 1 is 1.52 bits per heavy atom. The van der Waals surface area contributed by atoms with Crippen LogP contribution in [0.25, 0.3) is 0 Å². The van der Waals surface area contributed by atoms with E-state index in [9.17, 15) is 14.3 Å². The number of carbonyl (C=O) groups is 1. The summed E-state index contributed by atoms with van der Waals surface area (Å²) < 4.78 is 18.1. The zero-order valence-corrected chi connectivity index (χ0v) is 12.0. The fraction of sp³-hybridized carbons (Fsp3) is 0.533. The highest BCUT2D eigenvalue weighted by atomic mass is 19.1. The number of rotatable bonds is 5. The zero-order chi connectivity index (χ0) is 15.2. The number of aliphatic hydroxyl groups excluding tert-OH is 1. The third kappa shape index (κ3) is 4.77. The molecule has 1 fully saturated rings. The minimum absolute atomic E-state index is 0.131. The molecule has 1 heterocycles. The van der Waals surface area contributed by atoms with E-state index in [-0.39, 0.29) is 23.8 Å². The number of ether oxygens (including phenoxy) is 1. The van der Waals surface area contributed by atoms with Crippen molar-refractivity contribution in [2.24, 2.45) is 0 Å². The fourth-order valence-corrected chi connectivity index (χ4v) is 2.29. The molecule has 0 aliphatic carbocycles. The molecule has 1 saturated heterocycles. The lowest BCUT2D eigenvalue weighted by Gasteiger charge is -2.25. The third-order valence-electron chi connectivity index (χ3n) is 3.46. The Hall–Kier alpha value is -1.50.